The molecule has 0 unspecified atom stereocenters. The predicted molar refractivity (Wildman–Crippen MR) is 48.4 cm³/mol. The largest absolute Gasteiger partial charge is 0.506 e. The quantitative estimate of drug-likeness (QED) is 0.787. The van der Waals surface area contributed by atoms with Gasteiger partial charge in [-0.3, -0.25) is 0 Å². The Labute approximate surface area is 76.7 Å². The van der Waals surface area contributed by atoms with Crippen molar-refractivity contribution in [2.75, 3.05) is 6.61 Å². The summed E-state index contributed by atoms with van der Waals surface area (Å²) in [6.45, 7) is 3.15. The maximum atomic E-state index is 9.10. The van der Waals surface area contributed by atoms with Crippen molar-refractivity contribution in [3.63, 3.8) is 0 Å². The molecule has 0 saturated carbocycles. The minimum absolute atomic E-state index is 0.108. The van der Waals surface area contributed by atoms with Crippen molar-refractivity contribution in [3.05, 3.63) is 28.8 Å². The highest BCUT2D eigenvalue weighted by molar-refractivity contribution is 6.32. The van der Waals surface area contributed by atoms with E-state index in [9.17, 15) is 0 Å². The maximum Gasteiger partial charge on any atom is 0.134 e. The molecule has 0 saturated heterocycles. The third kappa shape index (κ3) is 2.40. The van der Waals surface area contributed by atoms with E-state index in [0.717, 1.165) is 5.56 Å². The number of hydrogen-bond acceptors (Lipinski definition) is 2. The molecule has 0 amide bonds. The van der Waals surface area contributed by atoms with E-state index in [1.54, 1.807) is 18.2 Å². The second-order valence-electron chi connectivity index (χ2n) is 2.42. The van der Waals surface area contributed by atoms with E-state index in [0.29, 0.717) is 18.2 Å². The van der Waals surface area contributed by atoms with Crippen molar-refractivity contribution in [1.29, 1.82) is 0 Å². The third-order valence-corrected chi connectivity index (χ3v) is 1.79. The van der Waals surface area contributed by atoms with E-state index in [-0.39, 0.29) is 5.75 Å². The molecule has 0 bridgehead atoms. The van der Waals surface area contributed by atoms with Crippen molar-refractivity contribution in [3.8, 4) is 5.75 Å². The van der Waals surface area contributed by atoms with Gasteiger partial charge in [-0.2, -0.15) is 0 Å². The van der Waals surface area contributed by atoms with Crippen LogP contribution in [0.1, 0.15) is 12.5 Å². The van der Waals surface area contributed by atoms with Gasteiger partial charge in [-0.1, -0.05) is 17.7 Å². The summed E-state index contributed by atoms with van der Waals surface area (Å²) in [6, 6.07) is 5.06. The molecule has 0 spiro atoms. The zero-order chi connectivity index (χ0) is 8.97. The molecule has 1 aromatic rings. The molecule has 0 aromatic heterocycles. The molecule has 0 atom stereocenters. The SMILES string of the molecule is CCOCc1ccc(O)c(Cl)c1. The molecule has 0 aliphatic carbocycles. The summed E-state index contributed by atoms with van der Waals surface area (Å²) < 4.78 is 5.17. The number of rotatable bonds is 3. The van der Waals surface area contributed by atoms with E-state index in [1.165, 1.54) is 0 Å². The van der Waals surface area contributed by atoms with Gasteiger partial charge in [-0.05, 0) is 24.6 Å². The van der Waals surface area contributed by atoms with Crippen molar-refractivity contribution in [1.82, 2.24) is 0 Å². The highest BCUT2D eigenvalue weighted by Gasteiger charge is 1.98. The lowest BCUT2D eigenvalue weighted by molar-refractivity contribution is 0.134. The predicted octanol–water partition coefficient (Wildman–Crippen LogP) is 2.58. The van der Waals surface area contributed by atoms with Gasteiger partial charge in [0, 0.05) is 6.61 Å². The summed E-state index contributed by atoms with van der Waals surface area (Å²) in [5.41, 5.74) is 0.972. The Morgan fingerprint density at radius 1 is 1.50 bits per heavy atom. The van der Waals surface area contributed by atoms with E-state index in [1.807, 2.05) is 6.92 Å². The number of benzene rings is 1. The lowest BCUT2D eigenvalue weighted by Crippen LogP contribution is -1.91. The van der Waals surface area contributed by atoms with Crippen LogP contribution in [-0.2, 0) is 11.3 Å². The van der Waals surface area contributed by atoms with Crippen LogP contribution in [0.2, 0.25) is 5.02 Å². The zero-order valence-electron chi connectivity index (χ0n) is 6.88. The monoisotopic (exact) mass is 186 g/mol. The summed E-state index contributed by atoms with van der Waals surface area (Å²) in [6.07, 6.45) is 0. The van der Waals surface area contributed by atoms with Crippen LogP contribution >= 0.6 is 11.6 Å². The Kier molecular flexibility index (Phi) is 3.38. The minimum atomic E-state index is 0.108. The van der Waals surface area contributed by atoms with Crippen molar-refractivity contribution < 1.29 is 9.84 Å². The van der Waals surface area contributed by atoms with Gasteiger partial charge in [-0.25, -0.2) is 0 Å². The Bertz CT molecular complexity index is 261. The Hall–Kier alpha value is -0.730. The van der Waals surface area contributed by atoms with Gasteiger partial charge in [0.1, 0.15) is 5.75 Å². The van der Waals surface area contributed by atoms with Crippen LogP contribution < -0.4 is 0 Å². The second-order valence-corrected chi connectivity index (χ2v) is 2.83. The molecular weight excluding hydrogens is 176 g/mol. The van der Waals surface area contributed by atoms with E-state index in [2.05, 4.69) is 0 Å². The lowest BCUT2D eigenvalue weighted by Gasteiger charge is -2.02. The van der Waals surface area contributed by atoms with Gasteiger partial charge in [0.15, 0.2) is 0 Å². The van der Waals surface area contributed by atoms with Crippen LogP contribution in [0, 0.1) is 0 Å². The molecule has 0 fully saturated rings. The summed E-state index contributed by atoms with van der Waals surface area (Å²) in [4.78, 5) is 0. The summed E-state index contributed by atoms with van der Waals surface area (Å²) in [5.74, 6) is 0.108. The van der Waals surface area contributed by atoms with Crippen LogP contribution in [0.25, 0.3) is 0 Å². The van der Waals surface area contributed by atoms with Gasteiger partial charge < -0.3 is 9.84 Å². The van der Waals surface area contributed by atoms with Crippen molar-refractivity contribution in [2.45, 2.75) is 13.5 Å². The number of phenols is 1. The van der Waals surface area contributed by atoms with Gasteiger partial charge in [0.25, 0.3) is 0 Å². The summed E-state index contributed by atoms with van der Waals surface area (Å²) >= 11 is 5.69. The molecule has 3 heteroatoms. The number of halogens is 1. The van der Waals surface area contributed by atoms with E-state index in [4.69, 9.17) is 21.4 Å². The van der Waals surface area contributed by atoms with Gasteiger partial charge >= 0.3 is 0 Å². The van der Waals surface area contributed by atoms with Gasteiger partial charge in [0.05, 0.1) is 11.6 Å². The Balaban J connectivity index is 2.69. The van der Waals surface area contributed by atoms with Crippen LogP contribution in [0.15, 0.2) is 18.2 Å². The number of phenolic OH excluding ortho intramolecular Hbond substituents is 1. The second kappa shape index (κ2) is 4.33. The van der Waals surface area contributed by atoms with Crippen LogP contribution in [0.4, 0.5) is 0 Å². The third-order valence-electron chi connectivity index (χ3n) is 1.48. The molecule has 0 aliphatic heterocycles. The van der Waals surface area contributed by atoms with Gasteiger partial charge in [0.2, 0.25) is 0 Å². The fourth-order valence-corrected chi connectivity index (χ4v) is 1.06. The van der Waals surface area contributed by atoms with Crippen molar-refractivity contribution in [2.24, 2.45) is 0 Å². The standard InChI is InChI=1S/C9H11ClO2/c1-2-12-6-7-3-4-9(11)8(10)5-7/h3-5,11H,2,6H2,1H3. The molecule has 0 radical (unpaired) electrons. The molecule has 1 aromatic carbocycles. The summed E-state index contributed by atoms with van der Waals surface area (Å²) in [7, 11) is 0. The van der Waals surface area contributed by atoms with Crippen LogP contribution in [-0.4, -0.2) is 11.7 Å². The first-order valence-electron chi connectivity index (χ1n) is 3.79. The normalized spacial score (nSPS) is 10.2. The van der Waals surface area contributed by atoms with Gasteiger partial charge in [-0.15, -0.1) is 0 Å². The highest BCUT2D eigenvalue weighted by Crippen LogP contribution is 2.23. The first-order chi connectivity index (χ1) is 5.74. The average molecular weight is 187 g/mol. The first-order valence-corrected chi connectivity index (χ1v) is 4.17. The van der Waals surface area contributed by atoms with Crippen LogP contribution in [0.5, 0.6) is 5.75 Å². The highest BCUT2D eigenvalue weighted by atomic mass is 35.5. The Morgan fingerprint density at radius 3 is 2.83 bits per heavy atom. The summed E-state index contributed by atoms with van der Waals surface area (Å²) in [5, 5.41) is 9.46. The topological polar surface area (TPSA) is 29.5 Å². The number of aromatic hydroxyl groups is 1. The molecule has 66 valence electrons. The smallest absolute Gasteiger partial charge is 0.134 e. The van der Waals surface area contributed by atoms with Crippen molar-refractivity contribution >= 4 is 11.6 Å². The molecule has 12 heavy (non-hydrogen) atoms. The Morgan fingerprint density at radius 2 is 2.25 bits per heavy atom. The lowest BCUT2D eigenvalue weighted by atomic mass is 10.2. The number of ether oxygens (including phenoxy) is 1. The molecule has 1 rings (SSSR count). The first kappa shape index (κ1) is 9.36. The molecule has 0 heterocycles. The molecule has 1 N–H and O–H groups in total. The van der Waals surface area contributed by atoms with Crippen LogP contribution in [0.3, 0.4) is 0 Å². The number of hydrogen-bond donors (Lipinski definition) is 1. The molecule has 0 aliphatic rings. The minimum Gasteiger partial charge on any atom is -0.506 e. The fraction of sp³-hybridized carbons (Fsp3) is 0.333. The van der Waals surface area contributed by atoms with E-state index < -0.39 is 0 Å². The molecular formula is C9H11ClO2. The molecule has 2 nitrogen and oxygen atoms in total. The maximum absolute atomic E-state index is 9.10. The zero-order valence-corrected chi connectivity index (χ0v) is 7.64. The van der Waals surface area contributed by atoms with E-state index >= 15 is 0 Å². The fourth-order valence-electron chi connectivity index (χ4n) is 0.860. The average Bonchev–Trinajstić information content (AvgIpc) is 2.07.